The van der Waals surface area contributed by atoms with Gasteiger partial charge in [-0.05, 0) is 48.2 Å². The normalized spacial score (nSPS) is 16.3. The molecule has 1 fully saturated rings. The molecule has 2 heterocycles. The summed E-state index contributed by atoms with van der Waals surface area (Å²) in [5.41, 5.74) is 1.68. The molecule has 114 valence electrons. The minimum Gasteiger partial charge on any atom is -0.496 e. The first kappa shape index (κ1) is 15.2. The van der Waals surface area contributed by atoms with Crippen LogP contribution in [0.1, 0.15) is 20.8 Å². The Morgan fingerprint density at radius 1 is 1.36 bits per heavy atom. The molecule has 22 heavy (non-hydrogen) atoms. The van der Waals surface area contributed by atoms with E-state index in [1.54, 1.807) is 30.2 Å². The minimum atomic E-state index is 0.0542. The monoisotopic (exact) mass is 331 g/mol. The smallest absolute Gasteiger partial charge is 0.258 e. The summed E-state index contributed by atoms with van der Waals surface area (Å²) in [6.07, 6.45) is 2.09. The first-order chi connectivity index (χ1) is 10.7. The maximum atomic E-state index is 12.8. The molecule has 0 spiro atoms. The third kappa shape index (κ3) is 3.05. The predicted molar refractivity (Wildman–Crippen MR) is 93.5 cm³/mol. The van der Waals surface area contributed by atoms with Gasteiger partial charge in [0, 0.05) is 22.7 Å². The number of benzene rings is 1. The van der Waals surface area contributed by atoms with Crippen molar-refractivity contribution in [3.63, 3.8) is 0 Å². The lowest BCUT2D eigenvalue weighted by Gasteiger charge is -2.17. The Labute approximate surface area is 138 Å². The molecular weight excluding hydrogens is 314 g/mol. The molecule has 3 rings (SSSR count). The van der Waals surface area contributed by atoms with Gasteiger partial charge < -0.3 is 9.64 Å². The SMILES string of the molecule is COc1ccc(C(=O)N2CCS/C2=C/c2cccs2)cc1C. The number of thiophene rings is 1. The maximum Gasteiger partial charge on any atom is 0.258 e. The molecule has 0 N–H and O–H groups in total. The lowest BCUT2D eigenvalue weighted by Crippen LogP contribution is -2.26. The van der Waals surface area contributed by atoms with E-state index in [9.17, 15) is 4.79 Å². The third-order valence-corrected chi connectivity index (χ3v) is 5.37. The van der Waals surface area contributed by atoms with Crippen molar-refractivity contribution in [2.45, 2.75) is 6.92 Å². The molecule has 1 aromatic heterocycles. The van der Waals surface area contributed by atoms with E-state index in [4.69, 9.17) is 4.74 Å². The fraction of sp³-hybridized carbons (Fsp3) is 0.235. The van der Waals surface area contributed by atoms with Gasteiger partial charge in [0.2, 0.25) is 0 Å². The van der Waals surface area contributed by atoms with Gasteiger partial charge in [-0.25, -0.2) is 0 Å². The van der Waals surface area contributed by atoms with Crippen LogP contribution in [0.4, 0.5) is 0 Å². The van der Waals surface area contributed by atoms with Crippen LogP contribution in [-0.4, -0.2) is 30.2 Å². The van der Waals surface area contributed by atoms with Gasteiger partial charge >= 0.3 is 0 Å². The first-order valence-electron chi connectivity index (χ1n) is 7.03. The van der Waals surface area contributed by atoms with Crippen molar-refractivity contribution >= 4 is 35.1 Å². The molecule has 5 heteroatoms. The van der Waals surface area contributed by atoms with Crippen LogP contribution in [0.25, 0.3) is 6.08 Å². The van der Waals surface area contributed by atoms with Crippen LogP contribution >= 0.6 is 23.1 Å². The number of carbonyl (C=O) groups excluding carboxylic acids is 1. The van der Waals surface area contributed by atoms with E-state index in [0.29, 0.717) is 5.56 Å². The highest BCUT2D eigenvalue weighted by Crippen LogP contribution is 2.32. The number of carbonyl (C=O) groups is 1. The van der Waals surface area contributed by atoms with Gasteiger partial charge in [0.05, 0.1) is 12.1 Å². The maximum absolute atomic E-state index is 12.8. The van der Waals surface area contributed by atoms with E-state index in [1.807, 2.05) is 41.5 Å². The Hall–Kier alpha value is -1.72. The highest BCUT2D eigenvalue weighted by molar-refractivity contribution is 8.03. The number of hydrogen-bond acceptors (Lipinski definition) is 4. The van der Waals surface area contributed by atoms with Crippen molar-refractivity contribution in [2.24, 2.45) is 0 Å². The van der Waals surface area contributed by atoms with E-state index in [-0.39, 0.29) is 5.91 Å². The van der Waals surface area contributed by atoms with Crippen LogP contribution in [0.3, 0.4) is 0 Å². The van der Waals surface area contributed by atoms with E-state index in [2.05, 4.69) is 12.1 Å². The molecular formula is C17H17NO2S2. The molecule has 0 saturated carbocycles. The van der Waals surface area contributed by atoms with Gasteiger partial charge in [-0.2, -0.15) is 0 Å². The summed E-state index contributed by atoms with van der Waals surface area (Å²) in [7, 11) is 1.64. The topological polar surface area (TPSA) is 29.5 Å². The van der Waals surface area contributed by atoms with Gasteiger partial charge in [-0.1, -0.05) is 6.07 Å². The van der Waals surface area contributed by atoms with Crippen LogP contribution in [0.5, 0.6) is 5.75 Å². The lowest BCUT2D eigenvalue weighted by molar-refractivity contribution is 0.0831. The van der Waals surface area contributed by atoms with Crippen LogP contribution < -0.4 is 4.74 Å². The summed E-state index contributed by atoms with van der Waals surface area (Å²) in [6.45, 7) is 2.71. The third-order valence-electron chi connectivity index (χ3n) is 3.53. The van der Waals surface area contributed by atoms with Crippen molar-refractivity contribution in [3.05, 3.63) is 56.7 Å². The number of aryl methyl sites for hydroxylation is 1. The number of methoxy groups -OCH3 is 1. The van der Waals surface area contributed by atoms with E-state index in [1.165, 1.54) is 4.88 Å². The summed E-state index contributed by atoms with van der Waals surface area (Å²) in [5, 5.41) is 3.08. The molecule has 0 atom stereocenters. The Kier molecular flexibility index (Phi) is 4.55. The Balaban J connectivity index is 1.86. The average Bonchev–Trinajstić information content (AvgIpc) is 3.18. The Morgan fingerprint density at radius 3 is 2.91 bits per heavy atom. The highest BCUT2D eigenvalue weighted by atomic mass is 32.2. The molecule has 1 aliphatic heterocycles. The van der Waals surface area contributed by atoms with Crippen molar-refractivity contribution < 1.29 is 9.53 Å². The average molecular weight is 331 g/mol. The van der Waals surface area contributed by atoms with Crippen LogP contribution in [0.2, 0.25) is 0 Å². The quantitative estimate of drug-likeness (QED) is 0.842. The largest absolute Gasteiger partial charge is 0.496 e. The second-order valence-electron chi connectivity index (χ2n) is 4.99. The number of ether oxygens (including phenoxy) is 1. The first-order valence-corrected chi connectivity index (χ1v) is 8.90. The fourth-order valence-corrected chi connectivity index (χ4v) is 4.16. The molecule has 3 nitrogen and oxygen atoms in total. The van der Waals surface area contributed by atoms with Gasteiger partial charge in [0.1, 0.15) is 5.75 Å². The second kappa shape index (κ2) is 6.58. The Morgan fingerprint density at radius 2 is 2.23 bits per heavy atom. The van der Waals surface area contributed by atoms with Gasteiger partial charge in [0.25, 0.3) is 5.91 Å². The number of amides is 1. The van der Waals surface area contributed by atoms with E-state index >= 15 is 0 Å². The zero-order valence-electron chi connectivity index (χ0n) is 12.5. The van der Waals surface area contributed by atoms with Gasteiger partial charge in [-0.3, -0.25) is 4.79 Å². The molecule has 0 bridgehead atoms. The standard InChI is InChI=1S/C17H17NO2S2/c1-12-10-13(5-6-15(12)20-2)17(19)18-7-9-22-16(18)11-14-4-3-8-21-14/h3-6,8,10-11H,7,9H2,1-2H3/b16-11+. The molecule has 1 saturated heterocycles. The molecule has 0 radical (unpaired) electrons. The van der Waals surface area contributed by atoms with Gasteiger partial charge in [-0.15, -0.1) is 23.1 Å². The van der Waals surface area contributed by atoms with Gasteiger partial charge in [0.15, 0.2) is 0 Å². The van der Waals surface area contributed by atoms with E-state index < -0.39 is 0 Å². The summed E-state index contributed by atoms with van der Waals surface area (Å²) >= 11 is 3.41. The zero-order chi connectivity index (χ0) is 15.5. The lowest BCUT2D eigenvalue weighted by atomic mass is 10.1. The molecule has 1 aliphatic rings. The van der Waals surface area contributed by atoms with Crippen LogP contribution in [0.15, 0.2) is 40.7 Å². The van der Waals surface area contributed by atoms with Crippen LogP contribution in [-0.2, 0) is 0 Å². The fourth-order valence-electron chi connectivity index (χ4n) is 2.41. The predicted octanol–water partition coefficient (Wildman–Crippen LogP) is 4.25. The molecule has 1 aromatic carbocycles. The number of thioether (sulfide) groups is 1. The van der Waals surface area contributed by atoms with Crippen molar-refractivity contribution in [3.8, 4) is 5.75 Å². The molecule has 2 aromatic rings. The highest BCUT2D eigenvalue weighted by Gasteiger charge is 2.25. The molecule has 0 aliphatic carbocycles. The summed E-state index contributed by atoms with van der Waals surface area (Å²) < 4.78 is 5.26. The molecule has 1 amide bonds. The molecule has 0 unspecified atom stereocenters. The van der Waals surface area contributed by atoms with Crippen LogP contribution in [0, 0.1) is 6.92 Å². The zero-order valence-corrected chi connectivity index (χ0v) is 14.2. The van der Waals surface area contributed by atoms with Crippen molar-refractivity contribution in [2.75, 3.05) is 19.4 Å². The second-order valence-corrected chi connectivity index (χ2v) is 7.08. The number of rotatable bonds is 3. The van der Waals surface area contributed by atoms with E-state index in [0.717, 1.165) is 28.6 Å². The number of hydrogen-bond donors (Lipinski definition) is 0. The Bertz CT molecular complexity index is 707. The minimum absolute atomic E-state index is 0.0542. The number of nitrogens with zero attached hydrogens (tertiary/aromatic N) is 1. The summed E-state index contributed by atoms with van der Waals surface area (Å²) in [5.74, 6) is 1.80. The summed E-state index contributed by atoms with van der Waals surface area (Å²) in [4.78, 5) is 15.8. The summed E-state index contributed by atoms with van der Waals surface area (Å²) in [6, 6.07) is 9.67. The van der Waals surface area contributed by atoms with Crippen molar-refractivity contribution in [1.82, 2.24) is 4.90 Å². The van der Waals surface area contributed by atoms with Crippen molar-refractivity contribution in [1.29, 1.82) is 0 Å².